The minimum atomic E-state index is -1.21. The molecule has 1 saturated heterocycles. The van der Waals surface area contributed by atoms with E-state index in [1.165, 1.54) is 12.0 Å². The molecule has 11 nitrogen and oxygen atoms in total. The third-order valence-electron chi connectivity index (χ3n) is 5.77. The van der Waals surface area contributed by atoms with Crippen LogP contribution < -0.4 is 26.4 Å². The number of nitrogen functional groups attached to an aromatic ring is 1. The van der Waals surface area contributed by atoms with Gasteiger partial charge in [0.15, 0.2) is 11.7 Å². The molecule has 12 heteroatoms. The number of hydrogen-bond donors (Lipinski definition) is 3. The van der Waals surface area contributed by atoms with Gasteiger partial charge in [0.25, 0.3) is 17.7 Å². The van der Waals surface area contributed by atoms with E-state index in [4.69, 9.17) is 25.4 Å². The lowest BCUT2D eigenvalue weighted by molar-refractivity contribution is -0.123. The molecule has 4 rings (SSSR count). The number of methoxy groups -OCH3 is 1. The number of rotatable bonds is 9. The van der Waals surface area contributed by atoms with E-state index in [2.05, 4.69) is 9.69 Å². The number of hydrogen-bond acceptors (Lipinski definition) is 9. The molecule has 5 N–H and O–H groups in total. The van der Waals surface area contributed by atoms with Crippen LogP contribution in [0.5, 0.6) is 5.75 Å². The number of carbonyl (C=O) groups excluding carboxylic acids is 3. The van der Waals surface area contributed by atoms with Gasteiger partial charge in [0.1, 0.15) is 22.1 Å². The molecule has 3 heterocycles. The van der Waals surface area contributed by atoms with E-state index in [-0.39, 0.29) is 34.7 Å². The maximum atomic E-state index is 14.0. The fourth-order valence-corrected chi connectivity index (χ4v) is 4.72. The number of furan rings is 1. The summed E-state index contributed by atoms with van der Waals surface area (Å²) in [5, 5.41) is 2.89. The highest BCUT2D eigenvalue weighted by Gasteiger charge is 2.38. The van der Waals surface area contributed by atoms with Crippen molar-refractivity contribution in [1.29, 1.82) is 0 Å². The van der Waals surface area contributed by atoms with Gasteiger partial charge < -0.3 is 30.7 Å². The molecule has 1 aliphatic heterocycles. The van der Waals surface area contributed by atoms with Crippen molar-refractivity contribution in [2.75, 3.05) is 30.9 Å². The van der Waals surface area contributed by atoms with Gasteiger partial charge in [-0.2, -0.15) is 4.37 Å². The summed E-state index contributed by atoms with van der Waals surface area (Å²) in [5.41, 5.74) is 11.4. The molecule has 1 aliphatic rings. The lowest BCUT2D eigenvalue weighted by Crippen LogP contribution is -2.45. The van der Waals surface area contributed by atoms with Gasteiger partial charge in [0, 0.05) is 24.9 Å². The quantitative estimate of drug-likeness (QED) is 0.393. The number of carbonyl (C=O) groups is 3. The van der Waals surface area contributed by atoms with Crippen molar-refractivity contribution in [3.8, 4) is 5.75 Å². The van der Waals surface area contributed by atoms with Crippen LogP contribution in [0.4, 0.5) is 11.4 Å². The molecule has 0 radical (unpaired) electrons. The summed E-state index contributed by atoms with van der Waals surface area (Å²) in [7, 11) is 1.49. The van der Waals surface area contributed by atoms with Crippen LogP contribution in [-0.4, -0.2) is 48.5 Å². The molecule has 0 bridgehead atoms. The van der Waals surface area contributed by atoms with E-state index >= 15 is 0 Å². The van der Waals surface area contributed by atoms with Crippen molar-refractivity contribution in [2.45, 2.75) is 31.9 Å². The van der Waals surface area contributed by atoms with E-state index in [0.717, 1.165) is 24.4 Å². The van der Waals surface area contributed by atoms with Crippen molar-refractivity contribution >= 4 is 40.6 Å². The van der Waals surface area contributed by atoms with Gasteiger partial charge in [-0.1, -0.05) is 6.07 Å². The number of aromatic nitrogens is 1. The van der Waals surface area contributed by atoms with E-state index < -0.39 is 23.8 Å². The first-order valence-electron chi connectivity index (χ1n) is 11.3. The number of amides is 3. The Balaban J connectivity index is 1.80. The second kappa shape index (κ2) is 10.8. The zero-order chi connectivity index (χ0) is 25.8. The molecule has 0 saturated carbocycles. The highest BCUT2D eigenvalue weighted by molar-refractivity contribution is 7.09. The molecule has 2 atom stereocenters. The maximum absolute atomic E-state index is 14.0. The van der Waals surface area contributed by atoms with Gasteiger partial charge in [0.2, 0.25) is 0 Å². The maximum Gasteiger partial charge on any atom is 0.273 e. The smallest absolute Gasteiger partial charge is 0.273 e. The summed E-state index contributed by atoms with van der Waals surface area (Å²) in [6.45, 7) is 2.66. The van der Waals surface area contributed by atoms with Gasteiger partial charge in [-0.15, -0.1) is 0 Å². The van der Waals surface area contributed by atoms with Crippen LogP contribution in [-0.2, 0) is 9.53 Å². The summed E-state index contributed by atoms with van der Waals surface area (Å²) in [6.07, 6.45) is 1.64. The lowest BCUT2D eigenvalue weighted by atomic mass is 10.1. The minimum Gasteiger partial charge on any atom is -0.497 e. The van der Waals surface area contributed by atoms with Crippen LogP contribution in [0.2, 0.25) is 0 Å². The lowest BCUT2D eigenvalue weighted by Gasteiger charge is -2.30. The summed E-state index contributed by atoms with van der Waals surface area (Å²) in [4.78, 5) is 40.5. The highest BCUT2D eigenvalue weighted by Crippen LogP contribution is 2.35. The third kappa shape index (κ3) is 5.19. The molecule has 3 amide bonds. The average molecular weight is 514 g/mol. The molecule has 190 valence electrons. The monoisotopic (exact) mass is 513 g/mol. The second-order valence-corrected chi connectivity index (χ2v) is 9.02. The average Bonchev–Trinajstić information content (AvgIpc) is 3.62. The van der Waals surface area contributed by atoms with Gasteiger partial charge >= 0.3 is 0 Å². The number of benzene rings is 1. The SMILES string of the molecule is COc1cccc(N(C(=O)c2snc(C(N)=O)c2N)[C@@H](C(=O)NC[C@@H]2CCCO2)c2ccc(C)o2)c1. The number of anilines is 2. The Morgan fingerprint density at radius 3 is 2.72 bits per heavy atom. The zero-order valence-corrected chi connectivity index (χ0v) is 20.7. The van der Waals surface area contributed by atoms with Gasteiger partial charge in [0.05, 0.1) is 18.9 Å². The number of primary amides is 1. The van der Waals surface area contributed by atoms with Crippen molar-refractivity contribution in [1.82, 2.24) is 9.69 Å². The zero-order valence-electron chi connectivity index (χ0n) is 19.9. The molecule has 1 aromatic carbocycles. The number of aryl methyl sites for hydroxylation is 1. The van der Waals surface area contributed by atoms with Crippen LogP contribution in [0.1, 0.15) is 50.6 Å². The van der Waals surface area contributed by atoms with Gasteiger partial charge in [-0.05, 0) is 55.6 Å². The Morgan fingerprint density at radius 1 is 1.31 bits per heavy atom. The first kappa shape index (κ1) is 25.2. The van der Waals surface area contributed by atoms with E-state index in [1.807, 2.05) is 0 Å². The van der Waals surface area contributed by atoms with Crippen molar-refractivity contribution in [3.63, 3.8) is 0 Å². The molecule has 2 aromatic heterocycles. The Labute approximate surface area is 211 Å². The normalized spacial score (nSPS) is 15.9. The van der Waals surface area contributed by atoms with Crippen molar-refractivity contribution < 1.29 is 28.3 Å². The summed E-state index contributed by atoms with van der Waals surface area (Å²) >= 11 is 0.728. The van der Waals surface area contributed by atoms with Gasteiger partial charge in [-0.3, -0.25) is 19.3 Å². The number of nitrogens with one attached hydrogen (secondary N) is 1. The molecule has 0 aliphatic carbocycles. The number of nitrogens with two attached hydrogens (primary N) is 2. The van der Waals surface area contributed by atoms with E-state index in [1.54, 1.807) is 43.3 Å². The Bertz CT molecular complexity index is 1270. The largest absolute Gasteiger partial charge is 0.497 e. The predicted molar refractivity (Wildman–Crippen MR) is 133 cm³/mol. The Kier molecular flexibility index (Phi) is 7.55. The molecule has 0 unspecified atom stereocenters. The minimum absolute atomic E-state index is 0.0353. The first-order valence-corrected chi connectivity index (χ1v) is 12.1. The van der Waals surface area contributed by atoms with Crippen LogP contribution >= 0.6 is 11.5 Å². The number of nitrogens with zero attached hydrogens (tertiary/aromatic N) is 2. The predicted octanol–water partition coefficient (Wildman–Crippen LogP) is 2.42. The summed E-state index contributed by atoms with van der Waals surface area (Å²) < 4.78 is 20.7. The third-order valence-corrected chi connectivity index (χ3v) is 6.62. The molecular weight excluding hydrogens is 486 g/mol. The van der Waals surface area contributed by atoms with E-state index in [0.29, 0.717) is 23.8 Å². The second-order valence-electron chi connectivity index (χ2n) is 8.25. The Morgan fingerprint density at radius 2 is 2.11 bits per heavy atom. The molecule has 3 aromatic rings. The highest BCUT2D eigenvalue weighted by atomic mass is 32.1. The molecule has 1 fully saturated rings. The standard InChI is InChI=1S/C24H27N5O6S/c1-13-8-9-17(35-13)20(23(31)27-12-16-7-4-10-34-16)29(14-5-3-6-15(11-14)33-2)24(32)21-18(25)19(22(26)30)28-36-21/h3,5-6,8-9,11,16,20H,4,7,10,12,25H2,1-2H3,(H2,26,30)(H,27,31)/t16-,20+/m0/s1. The van der Waals surface area contributed by atoms with Crippen LogP contribution in [0.15, 0.2) is 40.8 Å². The molecule has 36 heavy (non-hydrogen) atoms. The van der Waals surface area contributed by atoms with E-state index in [9.17, 15) is 14.4 Å². The number of ether oxygens (including phenoxy) is 2. The van der Waals surface area contributed by atoms with Crippen LogP contribution in [0.3, 0.4) is 0 Å². The van der Waals surface area contributed by atoms with Gasteiger partial charge in [-0.25, -0.2) is 0 Å². The molecule has 0 spiro atoms. The topological polar surface area (TPSA) is 163 Å². The fraction of sp³-hybridized carbons (Fsp3) is 0.333. The Hall–Kier alpha value is -3.90. The molecular formula is C24H27N5O6S. The first-order chi connectivity index (χ1) is 17.3. The van der Waals surface area contributed by atoms with Crippen molar-refractivity contribution in [3.05, 3.63) is 58.5 Å². The van der Waals surface area contributed by atoms with Crippen molar-refractivity contribution in [2.24, 2.45) is 5.73 Å². The summed E-state index contributed by atoms with van der Waals surface area (Å²) in [6, 6.07) is 8.80. The van der Waals surface area contributed by atoms with Crippen LogP contribution in [0.25, 0.3) is 0 Å². The van der Waals surface area contributed by atoms with Crippen LogP contribution in [0, 0.1) is 6.92 Å². The fourth-order valence-electron chi connectivity index (χ4n) is 3.97. The summed E-state index contributed by atoms with van der Waals surface area (Å²) in [5.74, 6) is -0.718.